The Morgan fingerprint density at radius 2 is 1.81 bits per heavy atom. The molecule has 1 aliphatic rings. The van der Waals surface area contributed by atoms with Crippen LogP contribution < -0.4 is 5.32 Å². The van der Waals surface area contributed by atoms with E-state index >= 15 is 0 Å². The highest BCUT2D eigenvalue weighted by Gasteiger charge is 2.25. The molecule has 3 aromatic rings. The first kappa shape index (κ1) is 26.4. The number of sulfonamides is 1. The fraction of sp³-hybridized carbons (Fsp3) is 0.320. The summed E-state index contributed by atoms with van der Waals surface area (Å²) in [5, 5.41) is 12.5. The second kappa shape index (κ2) is 12.1. The fourth-order valence-corrected chi connectivity index (χ4v) is 6.45. The van der Waals surface area contributed by atoms with Gasteiger partial charge >= 0.3 is 0 Å². The molecule has 4 rings (SSSR count). The molecule has 0 saturated carbocycles. The van der Waals surface area contributed by atoms with Crippen molar-refractivity contribution in [2.75, 3.05) is 24.2 Å². The van der Waals surface area contributed by atoms with Gasteiger partial charge in [0.05, 0.1) is 10.6 Å². The van der Waals surface area contributed by atoms with Gasteiger partial charge in [-0.25, -0.2) is 8.42 Å². The Labute approximate surface area is 220 Å². The van der Waals surface area contributed by atoms with Crippen LogP contribution in [-0.4, -0.2) is 52.2 Å². The second-order valence-electron chi connectivity index (χ2n) is 8.40. The molecule has 1 aromatic heterocycles. The first-order valence-corrected chi connectivity index (χ1v) is 14.5. The number of anilines is 1. The van der Waals surface area contributed by atoms with Crippen LogP contribution in [0.2, 0.25) is 5.02 Å². The topological polar surface area (TPSA) is 97.2 Å². The number of nitrogens with zero attached hydrogens (tertiary/aromatic N) is 4. The van der Waals surface area contributed by atoms with Crippen LogP contribution in [0.15, 0.2) is 71.2 Å². The molecule has 190 valence electrons. The van der Waals surface area contributed by atoms with Gasteiger partial charge in [0.15, 0.2) is 11.0 Å². The fourth-order valence-electron chi connectivity index (χ4n) is 4.00. The van der Waals surface area contributed by atoms with Gasteiger partial charge in [-0.1, -0.05) is 54.4 Å². The molecule has 2 heterocycles. The van der Waals surface area contributed by atoms with Crippen LogP contribution in [0.1, 0.15) is 25.7 Å². The van der Waals surface area contributed by atoms with Gasteiger partial charge in [-0.15, -0.1) is 16.8 Å². The van der Waals surface area contributed by atoms with Crippen molar-refractivity contribution in [1.82, 2.24) is 19.1 Å². The summed E-state index contributed by atoms with van der Waals surface area (Å²) in [6.07, 6.45) is 5.61. The smallest absolute Gasteiger partial charge is 0.243 e. The molecule has 1 aliphatic heterocycles. The highest BCUT2D eigenvalue weighted by molar-refractivity contribution is 7.99. The number of amides is 1. The number of hydrogen-bond donors (Lipinski definition) is 1. The van der Waals surface area contributed by atoms with Crippen molar-refractivity contribution in [3.8, 4) is 11.4 Å². The molecule has 8 nitrogen and oxygen atoms in total. The van der Waals surface area contributed by atoms with E-state index in [1.54, 1.807) is 40.7 Å². The van der Waals surface area contributed by atoms with E-state index in [0.717, 1.165) is 31.2 Å². The van der Waals surface area contributed by atoms with Crippen molar-refractivity contribution in [3.63, 3.8) is 0 Å². The third kappa shape index (κ3) is 6.36. The average molecular weight is 546 g/mol. The summed E-state index contributed by atoms with van der Waals surface area (Å²) >= 11 is 7.38. The Kier molecular flexibility index (Phi) is 8.84. The van der Waals surface area contributed by atoms with E-state index in [4.69, 9.17) is 11.6 Å². The molecule has 1 fully saturated rings. The average Bonchev–Trinajstić information content (AvgIpc) is 3.06. The molecule has 1 N–H and O–H groups in total. The van der Waals surface area contributed by atoms with Gasteiger partial charge < -0.3 is 5.32 Å². The molecular weight excluding hydrogens is 518 g/mol. The maximum Gasteiger partial charge on any atom is 0.243 e. The minimum absolute atomic E-state index is 0.110. The van der Waals surface area contributed by atoms with E-state index in [-0.39, 0.29) is 16.6 Å². The van der Waals surface area contributed by atoms with Crippen molar-refractivity contribution in [2.45, 2.75) is 42.3 Å². The van der Waals surface area contributed by atoms with Crippen LogP contribution in [0, 0.1) is 0 Å². The molecule has 0 aliphatic carbocycles. The zero-order valence-electron chi connectivity index (χ0n) is 19.8. The van der Waals surface area contributed by atoms with Gasteiger partial charge in [-0.3, -0.25) is 9.36 Å². The zero-order chi connectivity index (χ0) is 25.5. The van der Waals surface area contributed by atoms with Crippen LogP contribution in [0.5, 0.6) is 0 Å². The maximum absolute atomic E-state index is 12.9. The molecule has 1 amide bonds. The molecule has 0 radical (unpaired) electrons. The molecule has 0 spiro atoms. The van der Waals surface area contributed by atoms with Crippen molar-refractivity contribution < 1.29 is 13.2 Å². The van der Waals surface area contributed by atoms with Crippen LogP contribution in [0.3, 0.4) is 0 Å². The maximum atomic E-state index is 12.9. The second-order valence-corrected chi connectivity index (χ2v) is 11.7. The van der Waals surface area contributed by atoms with Crippen LogP contribution >= 0.6 is 23.4 Å². The number of allylic oxidation sites excluding steroid dienone is 1. The quantitative estimate of drug-likeness (QED) is 0.297. The number of rotatable bonds is 9. The summed E-state index contributed by atoms with van der Waals surface area (Å²) in [6, 6.07) is 13.7. The molecule has 0 unspecified atom stereocenters. The van der Waals surface area contributed by atoms with E-state index in [1.165, 1.54) is 11.8 Å². The number of aromatic nitrogens is 3. The number of thioether (sulfide) groups is 1. The van der Waals surface area contributed by atoms with Gasteiger partial charge in [0.1, 0.15) is 0 Å². The van der Waals surface area contributed by atoms with Crippen molar-refractivity contribution in [1.29, 1.82) is 0 Å². The minimum Gasteiger partial charge on any atom is -0.325 e. The molecule has 0 atom stereocenters. The third-order valence-electron chi connectivity index (χ3n) is 5.78. The molecule has 11 heteroatoms. The lowest BCUT2D eigenvalue weighted by atomic mass is 10.2. The van der Waals surface area contributed by atoms with E-state index < -0.39 is 10.0 Å². The number of carbonyl (C=O) groups excluding carboxylic acids is 1. The molecule has 2 aromatic carbocycles. The minimum atomic E-state index is -3.53. The first-order chi connectivity index (χ1) is 17.4. The Morgan fingerprint density at radius 3 is 2.47 bits per heavy atom. The van der Waals surface area contributed by atoms with Gasteiger partial charge in [0, 0.05) is 35.9 Å². The summed E-state index contributed by atoms with van der Waals surface area (Å²) in [4.78, 5) is 12.8. The lowest BCUT2D eigenvalue weighted by Gasteiger charge is -2.20. The molecular formula is C25H28ClN5O3S2. The van der Waals surface area contributed by atoms with Crippen LogP contribution in [0.25, 0.3) is 11.4 Å². The predicted octanol–water partition coefficient (Wildman–Crippen LogP) is 5.08. The van der Waals surface area contributed by atoms with E-state index in [1.807, 2.05) is 22.8 Å². The van der Waals surface area contributed by atoms with Gasteiger partial charge in [0.2, 0.25) is 15.9 Å². The Hall–Kier alpha value is -2.66. The Morgan fingerprint density at radius 1 is 1.08 bits per heavy atom. The number of carbonyl (C=O) groups is 1. The third-order valence-corrected chi connectivity index (χ3v) is 8.90. The van der Waals surface area contributed by atoms with Gasteiger partial charge in [0.25, 0.3) is 0 Å². The Balaban J connectivity index is 1.39. The monoisotopic (exact) mass is 545 g/mol. The van der Waals surface area contributed by atoms with E-state index in [0.29, 0.717) is 41.3 Å². The van der Waals surface area contributed by atoms with Crippen molar-refractivity contribution >= 4 is 45.0 Å². The van der Waals surface area contributed by atoms with Crippen LogP contribution in [0.4, 0.5) is 5.69 Å². The summed E-state index contributed by atoms with van der Waals surface area (Å²) in [6.45, 7) is 5.38. The highest BCUT2D eigenvalue weighted by atomic mass is 35.5. The summed E-state index contributed by atoms with van der Waals surface area (Å²) in [7, 11) is -3.53. The van der Waals surface area contributed by atoms with E-state index in [9.17, 15) is 13.2 Å². The number of hydrogen-bond acceptors (Lipinski definition) is 6. The normalized spacial score (nSPS) is 14.8. The van der Waals surface area contributed by atoms with Crippen LogP contribution in [-0.2, 0) is 21.4 Å². The summed E-state index contributed by atoms with van der Waals surface area (Å²) < 4.78 is 29.3. The predicted molar refractivity (Wildman–Crippen MR) is 144 cm³/mol. The lowest BCUT2D eigenvalue weighted by molar-refractivity contribution is -0.113. The number of benzene rings is 2. The molecule has 0 bridgehead atoms. The standard InChI is InChI=1S/C25H28ClN5O3S2/c1-2-14-31-24(19-8-7-9-20(26)17-19)28-29-25(31)35-18-23(32)27-21-10-12-22(13-11-21)36(33,34)30-15-5-3-4-6-16-30/h2,7-13,17H,1,3-6,14-16,18H2,(H,27,32). The summed E-state index contributed by atoms with van der Waals surface area (Å²) in [5.74, 6) is 0.514. The largest absolute Gasteiger partial charge is 0.325 e. The van der Waals surface area contributed by atoms with E-state index in [2.05, 4.69) is 22.1 Å². The first-order valence-electron chi connectivity index (χ1n) is 11.7. The highest BCUT2D eigenvalue weighted by Crippen LogP contribution is 2.26. The number of nitrogens with one attached hydrogen (secondary N) is 1. The van der Waals surface area contributed by atoms with Crippen molar-refractivity contribution in [2.24, 2.45) is 0 Å². The van der Waals surface area contributed by atoms with Gasteiger partial charge in [-0.05, 0) is 49.2 Å². The molecule has 1 saturated heterocycles. The Bertz CT molecular complexity index is 1320. The SMILES string of the molecule is C=CCn1c(SCC(=O)Nc2ccc(S(=O)(=O)N3CCCCCC3)cc2)nnc1-c1cccc(Cl)c1. The van der Waals surface area contributed by atoms with Gasteiger partial charge in [-0.2, -0.15) is 4.31 Å². The summed E-state index contributed by atoms with van der Waals surface area (Å²) in [5.41, 5.74) is 1.35. The number of halogens is 1. The zero-order valence-corrected chi connectivity index (χ0v) is 22.2. The molecule has 36 heavy (non-hydrogen) atoms. The van der Waals surface area contributed by atoms with Crippen molar-refractivity contribution in [3.05, 3.63) is 66.2 Å². The lowest BCUT2D eigenvalue weighted by Crippen LogP contribution is -2.31.